The summed E-state index contributed by atoms with van der Waals surface area (Å²) in [4.78, 5) is 15.7. The number of nitrogens with zero attached hydrogens (tertiary/aromatic N) is 4. The Kier molecular flexibility index (Phi) is 7.05. The maximum atomic E-state index is 13.6. The zero-order valence-electron chi connectivity index (χ0n) is 18.6. The molecule has 4 aromatic rings. The zero-order valence-corrected chi connectivity index (χ0v) is 19.3. The average molecular weight is 556 g/mol. The Morgan fingerprint density at radius 2 is 1.74 bits per heavy atom. The lowest BCUT2D eigenvalue weighted by atomic mass is 10.1. The fourth-order valence-corrected chi connectivity index (χ4v) is 3.56. The fourth-order valence-electron chi connectivity index (χ4n) is 3.34. The number of benzene rings is 2. The first-order valence-corrected chi connectivity index (χ1v) is 10.7. The normalized spacial score (nSPS) is 11.7. The van der Waals surface area contributed by atoms with Gasteiger partial charge in [-0.2, -0.15) is 23.5 Å². The summed E-state index contributed by atoms with van der Waals surface area (Å²) in [6.45, 7) is -0.358. The van der Waals surface area contributed by atoms with Gasteiger partial charge in [-0.25, -0.2) is 10.1 Å². The number of aromatic amines is 1. The van der Waals surface area contributed by atoms with E-state index in [0.717, 1.165) is 23.0 Å². The van der Waals surface area contributed by atoms with E-state index in [2.05, 4.69) is 19.9 Å². The molecule has 2 heterocycles. The molecule has 0 saturated carbocycles. The standard InChI is InChI=1S/C23H12ClF6N5O3/c24-14-5-12(9-31)6-17(7-14)37-21-19(22(25,26)27)32-11-35(21)10-15-8-18(20(36)34-33-15)13-1-3-16(4-2-13)38-23(28,29)30/h1-8,11H,10H2,(H,34,36). The number of H-pyrrole nitrogens is 1. The van der Waals surface area contributed by atoms with Gasteiger partial charge in [-0.15, -0.1) is 13.2 Å². The van der Waals surface area contributed by atoms with Crippen molar-refractivity contribution < 1.29 is 35.8 Å². The maximum Gasteiger partial charge on any atom is 0.573 e. The molecule has 1 N–H and O–H groups in total. The molecule has 0 spiro atoms. The summed E-state index contributed by atoms with van der Waals surface area (Å²) in [6, 6.07) is 11.2. The second-order valence-electron chi connectivity index (χ2n) is 7.59. The van der Waals surface area contributed by atoms with Crippen molar-refractivity contribution in [3.05, 3.63) is 87.2 Å². The highest BCUT2D eigenvalue weighted by atomic mass is 35.5. The van der Waals surface area contributed by atoms with E-state index in [-0.39, 0.29) is 39.7 Å². The van der Waals surface area contributed by atoms with Crippen LogP contribution in [0.5, 0.6) is 17.4 Å². The van der Waals surface area contributed by atoms with Crippen LogP contribution in [0, 0.1) is 11.3 Å². The minimum atomic E-state index is -4.90. The van der Waals surface area contributed by atoms with E-state index < -0.39 is 35.4 Å². The van der Waals surface area contributed by atoms with E-state index in [4.69, 9.17) is 21.6 Å². The Labute approximate surface area is 213 Å². The average Bonchev–Trinajstić information content (AvgIpc) is 3.22. The molecule has 2 aromatic heterocycles. The van der Waals surface area contributed by atoms with Crippen molar-refractivity contribution in [1.29, 1.82) is 5.26 Å². The van der Waals surface area contributed by atoms with Crippen LogP contribution in [0.4, 0.5) is 26.3 Å². The van der Waals surface area contributed by atoms with Gasteiger partial charge in [0.15, 0.2) is 0 Å². The monoisotopic (exact) mass is 555 g/mol. The van der Waals surface area contributed by atoms with Gasteiger partial charge in [-0.3, -0.25) is 9.36 Å². The molecule has 0 atom stereocenters. The summed E-state index contributed by atoms with van der Waals surface area (Å²) in [5.41, 5.74) is -1.76. The van der Waals surface area contributed by atoms with Gasteiger partial charge in [0.25, 0.3) is 5.56 Å². The summed E-state index contributed by atoms with van der Waals surface area (Å²) in [5, 5.41) is 15.2. The molecule has 196 valence electrons. The molecular formula is C23H12ClF6N5O3. The minimum absolute atomic E-state index is 0.0132. The number of aromatic nitrogens is 4. The van der Waals surface area contributed by atoms with Gasteiger partial charge in [0, 0.05) is 5.02 Å². The van der Waals surface area contributed by atoms with E-state index >= 15 is 0 Å². The topological polar surface area (TPSA) is 106 Å². The number of rotatable bonds is 6. The highest BCUT2D eigenvalue weighted by Gasteiger charge is 2.39. The molecule has 0 bridgehead atoms. The van der Waals surface area contributed by atoms with Crippen LogP contribution in [0.2, 0.25) is 5.02 Å². The molecule has 38 heavy (non-hydrogen) atoms. The van der Waals surface area contributed by atoms with E-state index in [1.807, 2.05) is 6.07 Å². The second-order valence-corrected chi connectivity index (χ2v) is 8.02. The van der Waals surface area contributed by atoms with Crippen LogP contribution >= 0.6 is 11.6 Å². The Bertz CT molecular complexity index is 1570. The maximum absolute atomic E-state index is 13.6. The largest absolute Gasteiger partial charge is 0.573 e. The van der Waals surface area contributed by atoms with E-state index in [1.165, 1.54) is 36.4 Å². The first kappa shape index (κ1) is 26.6. The third-order valence-corrected chi connectivity index (χ3v) is 5.08. The minimum Gasteiger partial charge on any atom is -0.438 e. The number of hydrogen-bond acceptors (Lipinski definition) is 6. The Morgan fingerprint density at radius 3 is 2.37 bits per heavy atom. The third-order valence-electron chi connectivity index (χ3n) is 4.86. The molecule has 0 aliphatic rings. The van der Waals surface area contributed by atoms with Crippen LogP contribution in [0.3, 0.4) is 0 Å². The second kappa shape index (κ2) is 10.1. The van der Waals surface area contributed by atoms with E-state index in [9.17, 15) is 31.1 Å². The number of nitrogens with one attached hydrogen (secondary N) is 1. The number of nitriles is 1. The molecule has 8 nitrogen and oxygen atoms in total. The van der Waals surface area contributed by atoms with E-state index in [0.29, 0.717) is 0 Å². The molecule has 0 aliphatic carbocycles. The summed E-state index contributed by atoms with van der Waals surface area (Å²) in [7, 11) is 0. The van der Waals surface area contributed by atoms with Crippen molar-refractivity contribution in [1.82, 2.24) is 19.7 Å². The van der Waals surface area contributed by atoms with Crippen molar-refractivity contribution in [3.8, 4) is 34.6 Å². The summed E-state index contributed by atoms with van der Waals surface area (Å²) >= 11 is 5.92. The van der Waals surface area contributed by atoms with Crippen LogP contribution < -0.4 is 15.0 Å². The first-order valence-electron chi connectivity index (χ1n) is 10.3. The fraction of sp³-hybridized carbons (Fsp3) is 0.130. The van der Waals surface area contributed by atoms with Gasteiger partial charge in [-0.05, 0) is 42.0 Å². The number of hydrogen-bond donors (Lipinski definition) is 1. The van der Waals surface area contributed by atoms with Crippen molar-refractivity contribution in [3.63, 3.8) is 0 Å². The predicted molar refractivity (Wildman–Crippen MR) is 120 cm³/mol. The van der Waals surface area contributed by atoms with Crippen molar-refractivity contribution in [2.75, 3.05) is 0 Å². The lowest BCUT2D eigenvalue weighted by molar-refractivity contribution is -0.274. The molecule has 0 saturated heterocycles. The molecule has 15 heteroatoms. The van der Waals surface area contributed by atoms with Crippen molar-refractivity contribution in [2.45, 2.75) is 19.1 Å². The zero-order chi connectivity index (χ0) is 27.7. The molecular weight excluding hydrogens is 544 g/mol. The Hall–Kier alpha value is -4.51. The summed E-state index contributed by atoms with van der Waals surface area (Å²) in [5.74, 6) is -1.39. The molecule has 0 radical (unpaired) electrons. The number of imidazole rings is 1. The number of halogens is 7. The number of ether oxygens (including phenoxy) is 2. The molecule has 0 fully saturated rings. The summed E-state index contributed by atoms with van der Waals surface area (Å²) in [6.07, 6.45) is -8.95. The Morgan fingerprint density at radius 1 is 1.03 bits per heavy atom. The smallest absolute Gasteiger partial charge is 0.438 e. The first-order chi connectivity index (χ1) is 17.8. The van der Waals surface area contributed by atoms with Crippen molar-refractivity contribution >= 4 is 11.6 Å². The quantitative estimate of drug-likeness (QED) is 0.296. The van der Waals surface area contributed by atoms with Crippen LogP contribution in [-0.2, 0) is 12.7 Å². The van der Waals surface area contributed by atoms with Crippen LogP contribution in [0.15, 0.2) is 59.7 Å². The van der Waals surface area contributed by atoms with Crippen LogP contribution in [0.1, 0.15) is 17.0 Å². The molecule has 0 amide bonds. The van der Waals surface area contributed by atoms with Gasteiger partial charge in [0.2, 0.25) is 11.6 Å². The highest BCUT2D eigenvalue weighted by molar-refractivity contribution is 6.30. The Balaban J connectivity index is 1.68. The van der Waals surface area contributed by atoms with Crippen LogP contribution in [0.25, 0.3) is 11.1 Å². The molecule has 2 aromatic carbocycles. The van der Waals surface area contributed by atoms with Gasteiger partial charge in [0.1, 0.15) is 11.5 Å². The predicted octanol–water partition coefficient (Wildman–Crippen LogP) is 5.92. The molecule has 0 aliphatic heterocycles. The SMILES string of the molecule is N#Cc1cc(Cl)cc(Oc2c(C(F)(F)F)ncn2Cc2cc(-c3ccc(OC(F)(F)F)cc3)c(=O)[nH]n2)c1. The highest BCUT2D eigenvalue weighted by Crippen LogP contribution is 2.38. The molecule has 0 unspecified atom stereocenters. The van der Waals surface area contributed by atoms with Crippen LogP contribution in [-0.4, -0.2) is 26.1 Å². The van der Waals surface area contributed by atoms with Gasteiger partial charge < -0.3 is 9.47 Å². The third kappa shape index (κ3) is 6.24. The van der Waals surface area contributed by atoms with Gasteiger partial charge >= 0.3 is 12.5 Å². The lowest BCUT2D eigenvalue weighted by Crippen LogP contribution is -2.17. The van der Waals surface area contributed by atoms with Gasteiger partial charge in [-0.1, -0.05) is 23.7 Å². The van der Waals surface area contributed by atoms with Crippen molar-refractivity contribution in [2.24, 2.45) is 0 Å². The summed E-state index contributed by atoms with van der Waals surface area (Å²) < 4.78 is 88.3. The molecule has 4 rings (SSSR count). The lowest BCUT2D eigenvalue weighted by Gasteiger charge is -2.13. The van der Waals surface area contributed by atoms with Gasteiger partial charge in [0.05, 0.1) is 35.8 Å². The van der Waals surface area contributed by atoms with E-state index in [1.54, 1.807) is 0 Å². The number of alkyl halides is 6.